The zero-order valence-corrected chi connectivity index (χ0v) is 12.0. The summed E-state index contributed by atoms with van der Waals surface area (Å²) < 4.78 is 19.4. The van der Waals surface area contributed by atoms with E-state index in [9.17, 15) is 9.18 Å². The molecule has 3 nitrogen and oxygen atoms in total. The van der Waals surface area contributed by atoms with Gasteiger partial charge in [0.25, 0.3) is 0 Å². The maximum absolute atomic E-state index is 13.7. The first-order valence-electron chi connectivity index (χ1n) is 6.84. The van der Waals surface area contributed by atoms with Crippen molar-refractivity contribution >= 4 is 17.5 Å². The van der Waals surface area contributed by atoms with Gasteiger partial charge < -0.3 is 10.1 Å². The molecular weight excluding hydrogens is 281 g/mol. The van der Waals surface area contributed by atoms with Gasteiger partial charge in [0.15, 0.2) is 5.13 Å². The van der Waals surface area contributed by atoms with E-state index in [1.807, 2.05) is 24.3 Å². The summed E-state index contributed by atoms with van der Waals surface area (Å²) in [4.78, 5) is 12.3. The number of carbonyl (C=O) groups excluding carboxylic acids is 1. The Morgan fingerprint density at radius 3 is 2.90 bits per heavy atom. The molecular formula is C15H17ClFNO2. The SMILES string of the molecule is C[C@]1(C(=O)N[C@H]2CCCOc3ccccc32)C[C@]1(F)Cl. The number of carbonyl (C=O) groups is 1. The summed E-state index contributed by atoms with van der Waals surface area (Å²) >= 11 is 5.64. The van der Waals surface area contributed by atoms with Gasteiger partial charge >= 0.3 is 0 Å². The van der Waals surface area contributed by atoms with Crippen LogP contribution in [0.3, 0.4) is 0 Å². The Hall–Kier alpha value is -1.29. The van der Waals surface area contributed by atoms with Crippen molar-refractivity contribution in [2.75, 3.05) is 6.61 Å². The van der Waals surface area contributed by atoms with E-state index in [1.54, 1.807) is 6.92 Å². The maximum Gasteiger partial charge on any atom is 0.231 e. The third-order valence-electron chi connectivity index (χ3n) is 4.25. The van der Waals surface area contributed by atoms with Gasteiger partial charge in [0.1, 0.15) is 5.75 Å². The average Bonchev–Trinajstić information content (AvgIpc) is 3.00. The highest BCUT2D eigenvalue weighted by Gasteiger charge is 2.70. The van der Waals surface area contributed by atoms with Crippen LogP contribution in [-0.4, -0.2) is 17.6 Å². The molecule has 20 heavy (non-hydrogen) atoms. The number of alkyl halides is 2. The predicted octanol–water partition coefficient (Wildman–Crippen LogP) is 3.33. The first-order chi connectivity index (χ1) is 9.44. The van der Waals surface area contributed by atoms with E-state index in [1.165, 1.54) is 0 Å². The van der Waals surface area contributed by atoms with Gasteiger partial charge in [-0.2, -0.15) is 0 Å². The summed E-state index contributed by atoms with van der Waals surface area (Å²) in [5, 5.41) is 1.02. The fourth-order valence-corrected chi connectivity index (χ4v) is 2.99. The van der Waals surface area contributed by atoms with Gasteiger partial charge in [0, 0.05) is 12.0 Å². The predicted molar refractivity (Wildman–Crippen MR) is 74.5 cm³/mol. The summed E-state index contributed by atoms with van der Waals surface area (Å²) in [6.45, 7) is 2.19. The van der Waals surface area contributed by atoms with Crippen molar-refractivity contribution < 1.29 is 13.9 Å². The Morgan fingerprint density at radius 1 is 1.50 bits per heavy atom. The lowest BCUT2D eigenvalue weighted by Gasteiger charge is -2.21. The van der Waals surface area contributed by atoms with Crippen LogP contribution in [0.1, 0.15) is 37.8 Å². The fraction of sp³-hybridized carbons (Fsp3) is 0.533. The molecule has 0 aromatic heterocycles. The summed E-state index contributed by atoms with van der Waals surface area (Å²) in [7, 11) is 0. The van der Waals surface area contributed by atoms with Gasteiger partial charge in [-0.05, 0) is 25.8 Å². The van der Waals surface area contributed by atoms with Crippen molar-refractivity contribution in [2.45, 2.75) is 37.4 Å². The minimum absolute atomic E-state index is 0.0677. The van der Waals surface area contributed by atoms with Crippen LogP contribution in [0.5, 0.6) is 5.75 Å². The Bertz CT molecular complexity index is 548. The van der Waals surface area contributed by atoms with Crippen LogP contribution < -0.4 is 10.1 Å². The molecule has 5 heteroatoms. The molecule has 0 radical (unpaired) electrons. The number of para-hydroxylation sites is 1. The number of benzene rings is 1. The van der Waals surface area contributed by atoms with Crippen molar-refractivity contribution in [2.24, 2.45) is 5.41 Å². The van der Waals surface area contributed by atoms with Crippen LogP contribution in [-0.2, 0) is 4.79 Å². The van der Waals surface area contributed by atoms with E-state index in [4.69, 9.17) is 16.3 Å². The summed E-state index contributed by atoms with van der Waals surface area (Å²) in [5.74, 6) is 0.463. The highest BCUT2D eigenvalue weighted by Crippen LogP contribution is 2.62. The topological polar surface area (TPSA) is 38.3 Å². The maximum atomic E-state index is 13.7. The second-order valence-corrected chi connectivity index (χ2v) is 6.37. The average molecular weight is 298 g/mol. The molecule has 0 bridgehead atoms. The van der Waals surface area contributed by atoms with E-state index in [0.717, 1.165) is 24.2 Å². The number of hydrogen-bond acceptors (Lipinski definition) is 2. The van der Waals surface area contributed by atoms with E-state index in [0.29, 0.717) is 6.61 Å². The Labute approximate surface area is 122 Å². The molecule has 1 aromatic rings. The smallest absolute Gasteiger partial charge is 0.231 e. The number of rotatable bonds is 2. The van der Waals surface area contributed by atoms with Crippen molar-refractivity contribution in [3.8, 4) is 5.75 Å². The molecule has 1 N–H and O–H groups in total. The first kappa shape index (κ1) is 13.7. The van der Waals surface area contributed by atoms with Gasteiger partial charge in [-0.25, -0.2) is 4.39 Å². The molecule has 3 rings (SSSR count). The highest BCUT2D eigenvalue weighted by molar-refractivity contribution is 6.28. The largest absolute Gasteiger partial charge is 0.493 e. The van der Waals surface area contributed by atoms with Gasteiger partial charge in [0.05, 0.1) is 18.1 Å². The number of ether oxygens (including phenoxy) is 1. The molecule has 108 valence electrons. The van der Waals surface area contributed by atoms with Gasteiger partial charge in [-0.3, -0.25) is 4.79 Å². The third kappa shape index (κ3) is 2.16. The van der Waals surface area contributed by atoms with E-state index >= 15 is 0 Å². The van der Waals surface area contributed by atoms with Gasteiger partial charge in [-0.1, -0.05) is 29.8 Å². The second kappa shape index (κ2) is 4.62. The zero-order valence-electron chi connectivity index (χ0n) is 11.3. The Kier molecular flexibility index (Phi) is 3.16. The molecule has 1 fully saturated rings. The molecule has 1 aliphatic heterocycles. The summed E-state index contributed by atoms with van der Waals surface area (Å²) in [6.07, 6.45) is 1.69. The molecule has 0 saturated heterocycles. The van der Waals surface area contributed by atoms with Crippen molar-refractivity contribution in [1.82, 2.24) is 5.32 Å². The van der Waals surface area contributed by atoms with E-state index in [-0.39, 0.29) is 18.4 Å². The van der Waals surface area contributed by atoms with Crippen molar-refractivity contribution in [1.29, 1.82) is 0 Å². The molecule has 1 aromatic carbocycles. The number of amides is 1. The van der Waals surface area contributed by atoms with Crippen LogP contribution in [0, 0.1) is 5.41 Å². The lowest BCUT2D eigenvalue weighted by atomic mass is 10.00. The first-order valence-corrected chi connectivity index (χ1v) is 7.22. The number of hydrogen-bond donors (Lipinski definition) is 1. The molecule has 1 saturated carbocycles. The quantitative estimate of drug-likeness (QED) is 0.850. The third-order valence-corrected chi connectivity index (χ3v) is 4.80. The van der Waals surface area contributed by atoms with Gasteiger partial charge in [-0.15, -0.1) is 0 Å². The highest BCUT2D eigenvalue weighted by atomic mass is 35.5. The fourth-order valence-electron chi connectivity index (χ4n) is 2.64. The number of fused-ring (bicyclic) bond motifs is 1. The van der Waals surface area contributed by atoms with Crippen LogP contribution in [0.25, 0.3) is 0 Å². The lowest BCUT2D eigenvalue weighted by Crippen LogP contribution is -2.36. The van der Waals surface area contributed by atoms with Crippen LogP contribution in [0.4, 0.5) is 4.39 Å². The Morgan fingerprint density at radius 2 is 2.20 bits per heavy atom. The summed E-state index contributed by atoms with van der Waals surface area (Å²) in [6, 6.07) is 7.48. The minimum atomic E-state index is -1.90. The molecule has 3 atom stereocenters. The molecule has 0 unspecified atom stereocenters. The molecule has 1 aliphatic carbocycles. The van der Waals surface area contributed by atoms with E-state index < -0.39 is 10.5 Å². The van der Waals surface area contributed by atoms with Crippen molar-refractivity contribution in [3.63, 3.8) is 0 Å². The normalized spacial score (nSPS) is 35.5. The van der Waals surface area contributed by atoms with Crippen LogP contribution >= 0.6 is 11.6 Å². The lowest BCUT2D eigenvalue weighted by molar-refractivity contribution is -0.127. The molecule has 1 amide bonds. The van der Waals surface area contributed by atoms with Crippen LogP contribution in [0.2, 0.25) is 0 Å². The monoisotopic (exact) mass is 297 g/mol. The number of halogens is 2. The number of nitrogens with one attached hydrogen (secondary N) is 1. The minimum Gasteiger partial charge on any atom is -0.493 e. The molecule has 2 aliphatic rings. The van der Waals surface area contributed by atoms with E-state index in [2.05, 4.69) is 5.32 Å². The summed E-state index contributed by atoms with van der Waals surface area (Å²) in [5.41, 5.74) is -0.168. The zero-order chi connectivity index (χ0) is 14.4. The van der Waals surface area contributed by atoms with Crippen LogP contribution in [0.15, 0.2) is 24.3 Å². The molecule has 1 heterocycles. The standard InChI is InChI=1S/C15H17ClFNO2/c1-14(9-15(14,16)17)13(19)18-11-6-4-8-20-12-7-3-2-5-10(11)12/h2-3,5,7,11H,4,6,8-9H2,1H3,(H,18,19)/t11-,14+,15+/m0/s1. The Balaban J connectivity index is 1.80. The second-order valence-electron chi connectivity index (χ2n) is 5.77. The molecule has 0 spiro atoms. The van der Waals surface area contributed by atoms with Gasteiger partial charge in [0.2, 0.25) is 5.91 Å². The van der Waals surface area contributed by atoms with Crippen molar-refractivity contribution in [3.05, 3.63) is 29.8 Å².